The van der Waals surface area contributed by atoms with Crippen molar-refractivity contribution in [1.82, 2.24) is 4.90 Å². The number of halogens is 1. The molecule has 0 aliphatic carbocycles. The Hall–Kier alpha value is -3.28. The van der Waals surface area contributed by atoms with Gasteiger partial charge in [-0.05, 0) is 72.5 Å². The van der Waals surface area contributed by atoms with E-state index in [0.29, 0.717) is 11.3 Å². The number of hydrogen-bond acceptors (Lipinski definition) is 4. The molecule has 1 amide bonds. The van der Waals surface area contributed by atoms with Gasteiger partial charge in [-0.2, -0.15) is 0 Å². The minimum Gasteiger partial charge on any atom is -0.399 e. The van der Waals surface area contributed by atoms with Crippen molar-refractivity contribution in [2.45, 2.75) is 26.4 Å². The van der Waals surface area contributed by atoms with Crippen LogP contribution in [0.3, 0.4) is 0 Å². The second-order valence-corrected chi connectivity index (χ2v) is 8.89. The largest absolute Gasteiger partial charge is 0.399 e. The molecule has 0 saturated heterocycles. The van der Waals surface area contributed by atoms with Gasteiger partial charge in [0, 0.05) is 53.0 Å². The molecule has 2 heterocycles. The molecule has 0 fully saturated rings. The van der Waals surface area contributed by atoms with E-state index in [2.05, 4.69) is 51.9 Å². The summed E-state index contributed by atoms with van der Waals surface area (Å²) in [6.07, 6.45) is 1.05. The van der Waals surface area contributed by atoms with Gasteiger partial charge in [0.25, 0.3) is 5.91 Å². The molecule has 5 nitrogen and oxygen atoms in total. The van der Waals surface area contributed by atoms with Crippen LogP contribution in [-0.2, 0) is 24.3 Å². The Morgan fingerprint density at radius 1 is 1.09 bits per heavy atom. The van der Waals surface area contributed by atoms with Gasteiger partial charge in [0.05, 0.1) is 5.57 Å². The summed E-state index contributed by atoms with van der Waals surface area (Å²) in [6, 6.07) is 20.0. The zero-order valence-electron chi connectivity index (χ0n) is 17.9. The Kier molecular flexibility index (Phi) is 5.37. The molecule has 162 valence electrons. The molecular formula is C26H25ClN4O. The molecule has 3 aromatic carbocycles. The van der Waals surface area contributed by atoms with Crippen molar-refractivity contribution in [1.29, 1.82) is 0 Å². The van der Waals surface area contributed by atoms with Gasteiger partial charge in [-0.1, -0.05) is 29.8 Å². The van der Waals surface area contributed by atoms with Gasteiger partial charge in [0.2, 0.25) is 0 Å². The third-order valence-electron chi connectivity index (χ3n) is 6.11. The maximum Gasteiger partial charge on any atom is 0.258 e. The second-order valence-electron chi connectivity index (χ2n) is 8.45. The normalized spacial score (nSPS) is 16.9. The van der Waals surface area contributed by atoms with Crippen molar-refractivity contribution < 1.29 is 4.79 Å². The molecule has 0 saturated carbocycles. The van der Waals surface area contributed by atoms with Crippen LogP contribution in [0.2, 0.25) is 5.02 Å². The number of carbonyl (C=O) groups is 1. The number of fused-ring (bicyclic) bond motifs is 2. The van der Waals surface area contributed by atoms with Crippen molar-refractivity contribution in [3.63, 3.8) is 0 Å². The van der Waals surface area contributed by atoms with Gasteiger partial charge >= 0.3 is 0 Å². The van der Waals surface area contributed by atoms with Crippen LogP contribution in [0.1, 0.15) is 29.2 Å². The molecule has 4 N–H and O–H groups in total. The first-order valence-corrected chi connectivity index (χ1v) is 11.1. The fraction of sp³-hybridized carbons (Fsp3) is 0.192. The first kappa shape index (κ1) is 20.6. The van der Waals surface area contributed by atoms with Crippen molar-refractivity contribution in [3.8, 4) is 0 Å². The van der Waals surface area contributed by atoms with E-state index < -0.39 is 0 Å². The minimum atomic E-state index is -0.113. The number of benzene rings is 3. The maximum atomic E-state index is 12.5. The standard InChI is InChI=1S/C26H25ClN4O/c1-16(25-23-13-21(28)6-9-24(23)30-26(25)32)29-22-7-2-17(3-8-22)14-31-11-10-18-4-5-20(27)12-19(18)15-31/h2-9,12-13,29H,10-11,14-15,28H2,1H3,(H,30,32). The van der Waals surface area contributed by atoms with Crippen LogP contribution in [0.4, 0.5) is 17.1 Å². The highest BCUT2D eigenvalue weighted by molar-refractivity contribution is 6.32. The molecule has 0 spiro atoms. The minimum absolute atomic E-state index is 0.113. The molecule has 5 rings (SSSR count). The highest BCUT2D eigenvalue weighted by atomic mass is 35.5. The number of nitrogens with one attached hydrogen (secondary N) is 2. The van der Waals surface area contributed by atoms with Crippen molar-refractivity contribution in [2.24, 2.45) is 0 Å². The molecule has 0 aromatic heterocycles. The van der Waals surface area contributed by atoms with Crippen LogP contribution in [0.25, 0.3) is 5.57 Å². The summed E-state index contributed by atoms with van der Waals surface area (Å²) in [7, 11) is 0. The molecule has 0 radical (unpaired) electrons. The first-order valence-electron chi connectivity index (χ1n) is 10.7. The lowest BCUT2D eigenvalue weighted by atomic mass is 9.99. The fourth-order valence-electron chi connectivity index (χ4n) is 4.51. The Morgan fingerprint density at radius 2 is 1.91 bits per heavy atom. The van der Waals surface area contributed by atoms with E-state index in [1.165, 1.54) is 16.7 Å². The third kappa shape index (κ3) is 4.09. The van der Waals surface area contributed by atoms with E-state index in [4.69, 9.17) is 17.3 Å². The summed E-state index contributed by atoms with van der Waals surface area (Å²) in [5.74, 6) is -0.113. The number of hydrogen-bond donors (Lipinski definition) is 3. The molecule has 6 heteroatoms. The van der Waals surface area contributed by atoms with Crippen LogP contribution in [-0.4, -0.2) is 17.4 Å². The Balaban J connectivity index is 1.28. The van der Waals surface area contributed by atoms with Crippen molar-refractivity contribution in [2.75, 3.05) is 22.9 Å². The van der Waals surface area contributed by atoms with E-state index in [9.17, 15) is 4.79 Å². The molecule has 2 aliphatic rings. The van der Waals surface area contributed by atoms with Crippen LogP contribution >= 0.6 is 11.6 Å². The summed E-state index contributed by atoms with van der Waals surface area (Å²) < 4.78 is 0. The van der Waals surface area contributed by atoms with Gasteiger partial charge in [-0.3, -0.25) is 9.69 Å². The Morgan fingerprint density at radius 3 is 2.72 bits per heavy atom. The summed E-state index contributed by atoms with van der Waals surface area (Å²) in [5, 5.41) is 7.07. The van der Waals surface area contributed by atoms with Gasteiger partial charge in [0.1, 0.15) is 0 Å². The van der Waals surface area contributed by atoms with Crippen LogP contribution < -0.4 is 16.4 Å². The van der Waals surface area contributed by atoms with E-state index >= 15 is 0 Å². The lowest BCUT2D eigenvalue weighted by molar-refractivity contribution is -0.110. The monoisotopic (exact) mass is 444 g/mol. The van der Waals surface area contributed by atoms with Crippen molar-refractivity contribution in [3.05, 3.63) is 93.6 Å². The zero-order valence-corrected chi connectivity index (χ0v) is 18.7. The van der Waals surface area contributed by atoms with E-state index in [1.54, 1.807) is 6.07 Å². The Bertz CT molecular complexity index is 1230. The molecule has 0 unspecified atom stereocenters. The summed E-state index contributed by atoms with van der Waals surface area (Å²) in [4.78, 5) is 14.9. The number of allylic oxidation sites excluding steroid dienone is 1. The molecule has 0 atom stereocenters. The summed E-state index contributed by atoms with van der Waals surface area (Å²) >= 11 is 6.17. The number of rotatable bonds is 4. The van der Waals surface area contributed by atoms with E-state index in [0.717, 1.165) is 53.7 Å². The van der Waals surface area contributed by atoms with Crippen LogP contribution in [0.15, 0.2) is 66.4 Å². The highest BCUT2D eigenvalue weighted by Gasteiger charge is 2.26. The number of nitrogens with zero attached hydrogens (tertiary/aromatic N) is 1. The average Bonchev–Trinajstić information content (AvgIpc) is 3.09. The fourth-order valence-corrected chi connectivity index (χ4v) is 4.70. The highest BCUT2D eigenvalue weighted by Crippen LogP contribution is 2.35. The van der Waals surface area contributed by atoms with Crippen molar-refractivity contribution >= 4 is 40.1 Å². The zero-order chi connectivity index (χ0) is 22.2. The predicted molar refractivity (Wildman–Crippen MR) is 131 cm³/mol. The predicted octanol–water partition coefficient (Wildman–Crippen LogP) is 5.28. The van der Waals surface area contributed by atoms with Gasteiger partial charge < -0.3 is 16.4 Å². The molecule has 32 heavy (non-hydrogen) atoms. The molecule has 2 aliphatic heterocycles. The lowest BCUT2D eigenvalue weighted by Gasteiger charge is -2.29. The Labute approximate surface area is 192 Å². The lowest BCUT2D eigenvalue weighted by Crippen LogP contribution is -2.30. The number of amides is 1. The first-order chi connectivity index (χ1) is 15.5. The third-order valence-corrected chi connectivity index (χ3v) is 6.35. The smallest absolute Gasteiger partial charge is 0.258 e. The van der Waals surface area contributed by atoms with E-state index in [1.807, 2.05) is 25.1 Å². The molecule has 0 bridgehead atoms. The quantitative estimate of drug-likeness (QED) is 0.378. The SMILES string of the molecule is CC(Nc1ccc(CN2CCc3ccc(Cl)cc3C2)cc1)=C1C(=O)Nc2ccc(N)cc21. The summed E-state index contributed by atoms with van der Waals surface area (Å²) in [5.41, 5.74) is 14.5. The van der Waals surface area contributed by atoms with Crippen LogP contribution in [0.5, 0.6) is 0 Å². The summed E-state index contributed by atoms with van der Waals surface area (Å²) in [6.45, 7) is 4.76. The maximum absolute atomic E-state index is 12.5. The number of nitrogens with two attached hydrogens (primary N) is 1. The van der Waals surface area contributed by atoms with E-state index in [-0.39, 0.29) is 5.91 Å². The average molecular weight is 445 g/mol. The second kappa shape index (κ2) is 8.34. The van der Waals surface area contributed by atoms with Gasteiger partial charge in [0.15, 0.2) is 0 Å². The topological polar surface area (TPSA) is 70.4 Å². The number of nitrogen functional groups attached to an aromatic ring is 1. The van der Waals surface area contributed by atoms with Gasteiger partial charge in [-0.15, -0.1) is 0 Å². The molecular weight excluding hydrogens is 420 g/mol. The number of anilines is 3. The van der Waals surface area contributed by atoms with Gasteiger partial charge in [-0.25, -0.2) is 0 Å². The van der Waals surface area contributed by atoms with Crippen LogP contribution in [0, 0.1) is 0 Å². The number of carbonyl (C=O) groups excluding carboxylic acids is 1. The molecule has 3 aromatic rings.